The Balaban J connectivity index is 2.64. The highest BCUT2D eigenvalue weighted by molar-refractivity contribution is 5.78. The molecule has 0 aliphatic rings. The van der Waals surface area contributed by atoms with Crippen LogP contribution in [0, 0.1) is 20.8 Å². The summed E-state index contributed by atoms with van der Waals surface area (Å²) in [5.41, 5.74) is 3.52. The van der Waals surface area contributed by atoms with Crippen LogP contribution < -0.4 is 4.74 Å². The van der Waals surface area contributed by atoms with Gasteiger partial charge in [-0.15, -0.1) is 0 Å². The average Bonchev–Trinajstić information content (AvgIpc) is 2.21. The van der Waals surface area contributed by atoms with Crippen LogP contribution in [-0.2, 0) is 4.79 Å². The van der Waals surface area contributed by atoms with Crippen molar-refractivity contribution in [3.05, 3.63) is 28.8 Å². The molecule has 16 heavy (non-hydrogen) atoms. The van der Waals surface area contributed by atoms with Crippen molar-refractivity contribution in [3.8, 4) is 5.75 Å². The minimum Gasteiger partial charge on any atom is -0.493 e. The standard InChI is InChI=1S/C14H20O2/c1-5-13(15)6-7-16-14-11(3)8-10(2)9-12(14)4/h8-9H,5-7H2,1-4H3. The Labute approximate surface area is 97.6 Å². The molecule has 0 radical (unpaired) electrons. The highest BCUT2D eigenvalue weighted by Gasteiger charge is 2.05. The number of ketones is 1. The van der Waals surface area contributed by atoms with Crippen molar-refractivity contribution < 1.29 is 9.53 Å². The van der Waals surface area contributed by atoms with Gasteiger partial charge in [0, 0.05) is 12.8 Å². The van der Waals surface area contributed by atoms with E-state index in [4.69, 9.17) is 4.74 Å². The van der Waals surface area contributed by atoms with Crippen molar-refractivity contribution in [2.45, 2.75) is 40.5 Å². The molecule has 0 bridgehead atoms. The summed E-state index contributed by atoms with van der Waals surface area (Å²) >= 11 is 0. The molecule has 88 valence electrons. The number of rotatable bonds is 5. The summed E-state index contributed by atoms with van der Waals surface area (Å²) in [5, 5.41) is 0. The molecule has 0 fully saturated rings. The first kappa shape index (κ1) is 12.8. The molecule has 0 aliphatic carbocycles. The predicted octanol–water partition coefficient (Wildman–Crippen LogP) is 3.36. The second-order valence-corrected chi connectivity index (χ2v) is 4.22. The lowest BCUT2D eigenvalue weighted by molar-refractivity contribution is -0.119. The summed E-state index contributed by atoms with van der Waals surface area (Å²) in [7, 11) is 0. The molecule has 2 heteroatoms. The largest absolute Gasteiger partial charge is 0.493 e. The highest BCUT2D eigenvalue weighted by atomic mass is 16.5. The minimum atomic E-state index is 0.252. The Morgan fingerprint density at radius 1 is 1.19 bits per heavy atom. The van der Waals surface area contributed by atoms with Gasteiger partial charge in [0.15, 0.2) is 0 Å². The lowest BCUT2D eigenvalue weighted by Gasteiger charge is -2.12. The second-order valence-electron chi connectivity index (χ2n) is 4.22. The molecule has 0 heterocycles. The van der Waals surface area contributed by atoms with Gasteiger partial charge in [0.1, 0.15) is 11.5 Å². The van der Waals surface area contributed by atoms with Crippen molar-refractivity contribution >= 4 is 5.78 Å². The van der Waals surface area contributed by atoms with Crippen LogP contribution in [0.15, 0.2) is 12.1 Å². The van der Waals surface area contributed by atoms with E-state index in [1.807, 2.05) is 20.8 Å². The van der Waals surface area contributed by atoms with E-state index < -0.39 is 0 Å². The second kappa shape index (κ2) is 5.69. The van der Waals surface area contributed by atoms with E-state index in [0.717, 1.165) is 16.9 Å². The summed E-state index contributed by atoms with van der Waals surface area (Å²) in [6.07, 6.45) is 1.10. The van der Waals surface area contributed by atoms with Crippen LogP contribution in [0.3, 0.4) is 0 Å². The molecule has 0 aromatic heterocycles. The van der Waals surface area contributed by atoms with Crippen molar-refractivity contribution in [1.82, 2.24) is 0 Å². The molecule has 0 amide bonds. The number of hydrogen-bond donors (Lipinski definition) is 0. The first-order valence-electron chi connectivity index (χ1n) is 5.77. The number of benzene rings is 1. The topological polar surface area (TPSA) is 26.3 Å². The Kier molecular flexibility index (Phi) is 4.53. The highest BCUT2D eigenvalue weighted by Crippen LogP contribution is 2.24. The summed E-state index contributed by atoms with van der Waals surface area (Å²) in [6, 6.07) is 4.20. The maximum atomic E-state index is 11.1. The fraction of sp³-hybridized carbons (Fsp3) is 0.500. The van der Waals surface area contributed by atoms with Gasteiger partial charge in [0.2, 0.25) is 0 Å². The quantitative estimate of drug-likeness (QED) is 0.760. The molecule has 0 saturated carbocycles. The molecular weight excluding hydrogens is 200 g/mol. The fourth-order valence-electron chi connectivity index (χ4n) is 1.84. The third-order valence-corrected chi connectivity index (χ3v) is 2.63. The lowest BCUT2D eigenvalue weighted by atomic mass is 10.1. The van der Waals surface area contributed by atoms with Gasteiger partial charge in [0.05, 0.1) is 6.61 Å². The van der Waals surface area contributed by atoms with E-state index >= 15 is 0 Å². The zero-order chi connectivity index (χ0) is 12.1. The van der Waals surface area contributed by atoms with Gasteiger partial charge in [0.25, 0.3) is 0 Å². The van der Waals surface area contributed by atoms with Crippen LogP contribution in [0.5, 0.6) is 5.75 Å². The molecule has 0 aliphatic heterocycles. The smallest absolute Gasteiger partial charge is 0.136 e. The maximum absolute atomic E-state index is 11.1. The molecule has 0 atom stereocenters. The van der Waals surface area contributed by atoms with Gasteiger partial charge in [-0.3, -0.25) is 4.79 Å². The van der Waals surface area contributed by atoms with E-state index in [-0.39, 0.29) is 5.78 Å². The predicted molar refractivity (Wildman–Crippen MR) is 66.1 cm³/mol. The van der Waals surface area contributed by atoms with Crippen LogP contribution >= 0.6 is 0 Å². The molecule has 1 aromatic rings. The van der Waals surface area contributed by atoms with Gasteiger partial charge >= 0.3 is 0 Å². The van der Waals surface area contributed by atoms with Crippen molar-refractivity contribution in [2.24, 2.45) is 0 Å². The monoisotopic (exact) mass is 220 g/mol. The Hall–Kier alpha value is -1.31. The first-order chi connectivity index (χ1) is 7.54. The SMILES string of the molecule is CCC(=O)CCOc1c(C)cc(C)cc1C. The van der Waals surface area contributed by atoms with E-state index in [0.29, 0.717) is 19.4 Å². The van der Waals surface area contributed by atoms with Crippen LogP contribution in [0.4, 0.5) is 0 Å². The van der Waals surface area contributed by atoms with Gasteiger partial charge in [-0.05, 0) is 31.9 Å². The van der Waals surface area contributed by atoms with Gasteiger partial charge in [-0.1, -0.05) is 24.6 Å². The van der Waals surface area contributed by atoms with Gasteiger partial charge < -0.3 is 4.74 Å². The Morgan fingerprint density at radius 2 is 1.75 bits per heavy atom. The zero-order valence-corrected chi connectivity index (χ0v) is 10.6. The molecule has 1 rings (SSSR count). The van der Waals surface area contributed by atoms with Crippen LogP contribution in [-0.4, -0.2) is 12.4 Å². The van der Waals surface area contributed by atoms with Gasteiger partial charge in [-0.2, -0.15) is 0 Å². The average molecular weight is 220 g/mol. The molecule has 2 nitrogen and oxygen atoms in total. The molecule has 0 unspecified atom stereocenters. The number of carbonyl (C=O) groups is 1. The Morgan fingerprint density at radius 3 is 2.25 bits per heavy atom. The molecule has 0 N–H and O–H groups in total. The number of ether oxygens (including phenoxy) is 1. The third kappa shape index (κ3) is 3.37. The van der Waals surface area contributed by atoms with E-state index in [2.05, 4.69) is 19.1 Å². The lowest BCUT2D eigenvalue weighted by Crippen LogP contribution is -2.06. The van der Waals surface area contributed by atoms with Crippen molar-refractivity contribution in [2.75, 3.05) is 6.61 Å². The summed E-state index contributed by atoms with van der Waals surface area (Å²) in [6.45, 7) is 8.51. The Bertz CT molecular complexity index is 357. The van der Waals surface area contributed by atoms with E-state index in [9.17, 15) is 4.79 Å². The number of aryl methyl sites for hydroxylation is 3. The van der Waals surface area contributed by atoms with Crippen LogP contribution in [0.2, 0.25) is 0 Å². The number of hydrogen-bond acceptors (Lipinski definition) is 2. The van der Waals surface area contributed by atoms with E-state index in [1.54, 1.807) is 0 Å². The molecule has 0 spiro atoms. The number of Topliss-reactive ketones (excluding diaryl/α,β-unsaturated/α-hetero) is 1. The maximum Gasteiger partial charge on any atom is 0.136 e. The van der Waals surface area contributed by atoms with Crippen LogP contribution in [0.1, 0.15) is 36.5 Å². The van der Waals surface area contributed by atoms with E-state index in [1.165, 1.54) is 5.56 Å². The third-order valence-electron chi connectivity index (χ3n) is 2.63. The van der Waals surface area contributed by atoms with Crippen molar-refractivity contribution in [3.63, 3.8) is 0 Å². The van der Waals surface area contributed by atoms with Gasteiger partial charge in [-0.25, -0.2) is 0 Å². The normalized spacial score (nSPS) is 10.2. The van der Waals surface area contributed by atoms with Crippen LogP contribution in [0.25, 0.3) is 0 Å². The van der Waals surface area contributed by atoms with Crippen molar-refractivity contribution in [1.29, 1.82) is 0 Å². The summed E-state index contributed by atoms with van der Waals surface area (Å²) in [5.74, 6) is 1.18. The number of carbonyl (C=O) groups excluding carboxylic acids is 1. The molecule has 1 aromatic carbocycles. The summed E-state index contributed by atoms with van der Waals surface area (Å²) < 4.78 is 5.67. The fourth-order valence-corrected chi connectivity index (χ4v) is 1.84. The summed E-state index contributed by atoms with van der Waals surface area (Å²) in [4.78, 5) is 11.1. The minimum absolute atomic E-state index is 0.252. The molecular formula is C14H20O2. The molecule has 0 saturated heterocycles. The zero-order valence-electron chi connectivity index (χ0n) is 10.6. The first-order valence-corrected chi connectivity index (χ1v) is 5.77.